The Morgan fingerprint density at radius 1 is 0.771 bits per heavy atom. The molecule has 2 heterocycles. The molecule has 35 heavy (non-hydrogen) atoms. The standard InChI is InChI=1S/C29H58N4O2/c1-25(2,3)24(34)35-33-28(8,9)20-23(21-29(33,10)11)31-17-15-13-12-14-16-30-22-18-26(4,5)32-27(6,7)19-22/h22-23,30-32H,12-21H2,1-11H3. The molecule has 0 aliphatic carbocycles. The summed E-state index contributed by atoms with van der Waals surface area (Å²) >= 11 is 0. The van der Waals surface area contributed by atoms with Gasteiger partial charge in [-0.05, 0) is 128 Å². The van der Waals surface area contributed by atoms with Gasteiger partial charge in [0, 0.05) is 23.2 Å². The quantitative estimate of drug-likeness (QED) is 0.346. The van der Waals surface area contributed by atoms with Crippen molar-refractivity contribution >= 4 is 5.97 Å². The smallest absolute Gasteiger partial charge is 0.330 e. The zero-order valence-electron chi connectivity index (χ0n) is 25.0. The average Bonchev–Trinajstić information content (AvgIpc) is 2.62. The second kappa shape index (κ2) is 11.4. The summed E-state index contributed by atoms with van der Waals surface area (Å²) in [5.74, 6) is -0.160. The van der Waals surface area contributed by atoms with Crippen molar-refractivity contribution in [3.8, 4) is 0 Å². The highest BCUT2D eigenvalue weighted by Gasteiger charge is 2.48. The van der Waals surface area contributed by atoms with Gasteiger partial charge < -0.3 is 20.8 Å². The zero-order chi connectivity index (χ0) is 26.7. The highest BCUT2D eigenvalue weighted by Crippen LogP contribution is 2.39. The summed E-state index contributed by atoms with van der Waals surface area (Å²) in [7, 11) is 0. The largest absolute Gasteiger partial charge is 0.366 e. The molecule has 2 saturated heterocycles. The van der Waals surface area contributed by atoms with Crippen molar-refractivity contribution in [2.75, 3.05) is 13.1 Å². The summed E-state index contributed by atoms with van der Waals surface area (Å²) < 4.78 is 0. The van der Waals surface area contributed by atoms with Crippen LogP contribution in [0.25, 0.3) is 0 Å². The minimum Gasteiger partial charge on any atom is -0.366 e. The summed E-state index contributed by atoms with van der Waals surface area (Å²) in [6.07, 6.45) is 9.36. The maximum absolute atomic E-state index is 12.6. The molecule has 2 fully saturated rings. The highest BCUT2D eigenvalue weighted by molar-refractivity contribution is 5.75. The van der Waals surface area contributed by atoms with Gasteiger partial charge in [0.2, 0.25) is 0 Å². The van der Waals surface area contributed by atoms with Crippen molar-refractivity contribution in [2.24, 2.45) is 5.41 Å². The second-order valence-electron chi connectivity index (χ2n) is 15.0. The molecule has 0 aromatic heterocycles. The number of piperidine rings is 2. The Labute approximate surface area is 217 Å². The van der Waals surface area contributed by atoms with Crippen molar-refractivity contribution in [3.63, 3.8) is 0 Å². The molecular formula is C29H58N4O2. The SMILES string of the molecule is CC1(C)CC(NCCCCCCNC2CC(C)(C)N(OC(=O)C(C)(C)C)C(C)(C)C2)CC(C)(C)N1. The number of hydrogen-bond donors (Lipinski definition) is 3. The average molecular weight is 495 g/mol. The lowest BCUT2D eigenvalue weighted by Gasteiger charge is -2.53. The number of hydrogen-bond acceptors (Lipinski definition) is 6. The molecule has 206 valence electrons. The highest BCUT2D eigenvalue weighted by atomic mass is 16.7. The molecule has 0 radical (unpaired) electrons. The van der Waals surface area contributed by atoms with E-state index in [1.165, 1.54) is 38.5 Å². The first-order valence-corrected chi connectivity index (χ1v) is 14.1. The number of unbranched alkanes of at least 4 members (excludes halogenated alkanes) is 3. The monoisotopic (exact) mass is 494 g/mol. The van der Waals surface area contributed by atoms with Gasteiger partial charge in [0.1, 0.15) is 0 Å². The Bertz CT molecular complexity index is 659. The lowest BCUT2D eigenvalue weighted by Crippen LogP contribution is -2.64. The van der Waals surface area contributed by atoms with E-state index in [-0.39, 0.29) is 28.1 Å². The Kier molecular flexibility index (Phi) is 9.92. The Balaban J connectivity index is 1.66. The topological polar surface area (TPSA) is 65.6 Å². The van der Waals surface area contributed by atoms with Crippen LogP contribution >= 0.6 is 0 Å². The molecule has 6 heteroatoms. The molecule has 2 aliphatic heterocycles. The van der Waals surface area contributed by atoms with Crippen molar-refractivity contribution in [3.05, 3.63) is 0 Å². The van der Waals surface area contributed by atoms with E-state index in [0.29, 0.717) is 12.1 Å². The molecule has 2 rings (SSSR count). The number of rotatable bonds is 10. The van der Waals surface area contributed by atoms with Crippen LogP contribution in [0.4, 0.5) is 0 Å². The second-order valence-corrected chi connectivity index (χ2v) is 15.0. The third kappa shape index (κ3) is 9.60. The summed E-state index contributed by atoms with van der Waals surface area (Å²) in [4.78, 5) is 18.5. The molecule has 0 atom stereocenters. The minimum absolute atomic E-state index is 0.160. The van der Waals surface area contributed by atoms with Gasteiger partial charge in [-0.2, -0.15) is 0 Å². The number of hydroxylamine groups is 2. The molecule has 3 N–H and O–H groups in total. The van der Waals surface area contributed by atoms with Crippen LogP contribution in [-0.2, 0) is 9.63 Å². The van der Waals surface area contributed by atoms with Crippen LogP contribution in [0.5, 0.6) is 0 Å². The van der Waals surface area contributed by atoms with Gasteiger partial charge in [-0.1, -0.05) is 12.8 Å². The summed E-state index contributed by atoms with van der Waals surface area (Å²) in [6, 6.07) is 1.06. The Hall–Kier alpha value is -0.690. The van der Waals surface area contributed by atoms with Crippen molar-refractivity contribution in [1.29, 1.82) is 0 Å². The molecule has 0 bridgehead atoms. The van der Waals surface area contributed by atoms with Crippen LogP contribution in [0.2, 0.25) is 0 Å². The lowest BCUT2D eigenvalue weighted by molar-refractivity contribution is -0.274. The summed E-state index contributed by atoms with van der Waals surface area (Å²) in [6.45, 7) is 26.0. The van der Waals surface area contributed by atoms with Gasteiger partial charge in [-0.3, -0.25) is 0 Å². The van der Waals surface area contributed by atoms with Gasteiger partial charge in [0.05, 0.1) is 16.5 Å². The van der Waals surface area contributed by atoms with Crippen LogP contribution in [0, 0.1) is 5.41 Å². The maximum Gasteiger partial charge on any atom is 0.330 e. The summed E-state index contributed by atoms with van der Waals surface area (Å²) in [5, 5.41) is 13.4. The first-order valence-electron chi connectivity index (χ1n) is 14.1. The Morgan fingerprint density at radius 2 is 1.17 bits per heavy atom. The number of nitrogens with one attached hydrogen (secondary N) is 3. The lowest BCUT2D eigenvalue weighted by atomic mass is 9.79. The minimum atomic E-state index is -0.502. The third-order valence-electron chi connectivity index (χ3n) is 7.54. The fourth-order valence-corrected chi connectivity index (χ4v) is 6.56. The van der Waals surface area contributed by atoms with Crippen LogP contribution in [-0.4, -0.2) is 58.4 Å². The number of nitrogens with zero attached hydrogens (tertiary/aromatic N) is 1. The van der Waals surface area contributed by atoms with Gasteiger partial charge in [-0.25, -0.2) is 4.79 Å². The van der Waals surface area contributed by atoms with Crippen LogP contribution in [0.1, 0.15) is 128 Å². The van der Waals surface area contributed by atoms with Crippen LogP contribution < -0.4 is 16.0 Å². The third-order valence-corrected chi connectivity index (χ3v) is 7.54. The molecular weight excluding hydrogens is 436 g/mol. The van der Waals surface area contributed by atoms with E-state index in [1.54, 1.807) is 0 Å². The molecule has 0 amide bonds. The van der Waals surface area contributed by atoms with E-state index in [1.807, 2.05) is 25.8 Å². The van der Waals surface area contributed by atoms with Gasteiger partial charge in [0.25, 0.3) is 0 Å². The van der Waals surface area contributed by atoms with Gasteiger partial charge >= 0.3 is 5.97 Å². The Morgan fingerprint density at radius 3 is 1.57 bits per heavy atom. The van der Waals surface area contributed by atoms with E-state index >= 15 is 0 Å². The van der Waals surface area contributed by atoms with E-state index in [4.69, 9.17) is 4.84 Å². The fraction of sp³-hybridized carbons (Fsp3) is 0.966. The molecule has 0 aromatic rings. The summed E-state index contributed by atoms with van der Waals surface area (Å²) in [5.41, 5.74) is -0.498. The van der Waals surface area contributed by atoms with Crippen LogP contribution in [0.15, 0.2) is 0 Å². The number of carbonyl (C=O) groups excluding carboxylic acids is 1. The first-order chi connectivity index (χ1) is 15.8. The molecule has 6 nitrogen and oxygen atoms in total. The normalized spacial score (nSPS) is 24.9. The fourth-order valence-electron chi connectivity index (χ4n) is 6.56. The van der Waals surface area contributed by atoms with E-state index in [0.717, 1.165) is 25.9 Å². The van der Waals surface area contributed by atoms with Gasteiger partial charge in [-0.15, -0.1) is 5.06 Å². The molecule has 0 unspecified atom stereocenters. The van der Waals surface area contributed by atoms with Crippen LogP contribution in [0.3, 0.4) is 0 Å². The van der Waals surface area contributed by atoms with Crippen molar-refractivity contribution in [1.82, 2.24) is 21.0 Å². The van der Waals surface area contributed by atoms with E-state index < -0.39 is 5.41 Å². The van der Waals surface area contributed by atoms with Crippen molar-refractivity contribution in [2.45, 2.75) is 162 Å². The van der Waals surface area contributed by atoms with Crippen molar-refractivity contribution < 1.29 is 9.63 Å². The zero-order valence-corrected chi connectivity index (χ0v) is 25.0. The molecule has 0 saturated carbocycles. The molecule has 0 spiro atoms. The van der Waals surface area contributed by atoms with Gasteiger partial charge in [0.15, 0.2) is 0 Å². The van der Waals surface area contributed by atoms with E-state index in [9.17, 15) is 4.79 Å². The molecule has 2 aliphatic rings. The first kappa shape index (κ1) is 30.5. The predicted octanol–water partition coefficient (Wildman–Crippen LogP) is 5.56. The predicted molar refractivity (Wildman–Crippen MR) is 147 cm³/mol. The maximum atomic E-state index is 12.6. The van der Waals surface area contributed by atoms with E-state index in [2.05, 4.69) is 71.3 Å². The number of carbonyl (C=O) groups is 1. The molecule has 0 aromatic carbocycles.